The molecule has 0 fully saturated rings. The highest BCUT2D eigenvalue weighted by Crippen LogP contribution is 2.34. The molecule has 0 aliphatic heterocycles. The van der Waals surface area contributed by atoms with Gasteiger partial charge in [-0.15, -0.1) is 11.3 Å². The summed E-state index contributed by atoms with van der Waals surface area (Å²) in [4.78, 5) is 1.36. The second kappa shape index (κ2) is 4.87. The fraction of sp³-hybridized carbons (Fsp3) is 0.375. The van der Waals surface area contributed by atoms with Crippen molar-refractivity contribution in [3.05, 3.63) is 57.3 Å². The number of aryl methyl sites for hydroxylation is 2. The van der Waals surface area contributed by atoms with Gasteiger partial charge in [-0.05, 0) is 60.2 Å². The van der Waals surface area contributed by atoms with Gasteiger partial charge >= 0.3 is 0 Å². The summed E-state index contributed by atoms with van der Waals surface area (Å²) in [7, 11) is 0. The van der Waals surface area contributed by atoms with Crippen LogP contribution < -0.4 is 5.73 Å². The SMILES string of the molecule is Cc1cc(C(N)C2CCc3ccccc3C2)cs1. The van der Waals surface area contributed by atoms with Crippen molar-refractivity contribution in [1.82, 2.24) is 0 Å². The molecular weight excluding hydrogens is 238 g/mol. The Morgan fingerprint density at radius 2 is 2.06 bits per heavy atom. The monoisotopic (exact) mass is 257 g/mol. The molecule has 94 valence electrons. The highest BCUT2D eigenvalue weighted by molar-refractivity contribution is 7.10. The molecule has 0 amide bonds. The summed E-state index contributed by atoms with van der Waals surface area (Å²) in [6.45, 7) is 2.15. The average molecular weight is 257 g/mol. The molecule has 1 nitrogen and oxygen atoms in total. The summed E-state index contributed by atoms with van der Waals surface area (Å²) in [6.07, 6.45) is 3.52. The van der Waals surface area contributed by atoms with Crippen LogP contribution >= 0.6 is 11.3 Å². The van der Waals surface area contributed by atoms with Gasteiger partial charge in [0.2, 0.25) is 0 Å². The zero-order valence-electron chi connectivity index (χ0n) is 10.7. The van der Waals surface area contributed by atoms with Gasteiger partial charge < -0.3 is 5.73 Å². The van der Waals surface area contributed by atoms with Crippen LogP contribution in [0, 0.1) is 12.8 Å². The van der Waals surface area contributed by atoms with Crippen molar-refractivity contribution in [2.24, 2.45) is 11.7 Å². The van der Waals surface area contributed by atoms with Crippen LogP contribution in [0.15, 0.2) is 35.7 Å². The lowest BCUT2D eigenvalue weighted by Crippen LogP contribution is -2.26. The predicted molar refractivity (Wildman–Crippen MR) is 77.9 cm³/mol. The Labute approximate surface area is 113 Å². The zero-order chi connectivity index (χ0) is 12.5. The summed E-state index contributed by atoms with van der Waals surface area (Å²) in [5.74, 6) is 0.592. The molecule has 3 rings (SSSR count). The van der Waals surface area contributed by atoms with Gasteiger partial charge in [-0.25, -0.2) is 0 Å². The van der Waals surface area contributed by atoms with Gasteiger partial charge in [-0.3, -0.25) is 0 Å². The molecule has 1 aromatic carbocycles. The summed E-state index contributed by atoms with van der Waals surface area (Å²) >= 11 is 1.80. The van der Waals surface area contributed by atoms with Crippen LogP contribution in [0.2, 0.25) is 0 Å². The molecule has 0 radical (unpaired) electrons. The van der Waals surface area contributed by atoms with E-state index in [-0.39, 0.29) is 6.04 Å². The predicted octanol–water partition coefficient (Wildman–Crippen LogP) is 3.86. The number of hydrogen-bond donors (Lipinski definition) is 1. The Morgan fingerprint density at radius 1 is 1.28 bits per heavy atom. The molecule has 1 aliphatic rings. The van der Waals surface area contributed by atoms with Gasteiger partial charge in [-0.1, -0.05) is 24.3 Å². The van der Waals surface area contributed by atoms with E-state index in [0.29, 0.717) is 5.92 Å². The van der Waals surface area contributed by atoms with Crippen LogP contribution in [0.5, 0.6) is 0 Å². The van der Waals surface area contributed by atoms with Crippen molar-refractivity contribution >= 4 is 11.3 Å². The highest BCUT2D eigenvalue weighted by Gasteiger charge is 2.25. The molecule has 2 heteroatoms. The van der Waals surface area contributed by atoms with Crippen molar-refractivity contribution in [2.45, 2.75) is 32.2 Å². The van der Waals surface area contributed by atoms with Gasteiger partial charge in [0.1, 0.15) is 0 Å². The Bertz CT molecular complexity index is 544. The Morgan fingerprint density at radius 3 is 2.78 bits per heavy atom. The van der Waals surface area contributed by atoms with Crippen LogP contribution in [0.25, 0.3) is 0 Å². The summed E-state index contributed by atoms with van der Waals surface area (Å²) in [6, 6.07) is 11.2. The van der Waals surface area contributed by atoms with Gasteiger partial charge in [0.15, 0.2) is 0 Å². The first-order valence-corrected chi connectivity index (χ1v) is 7.49. The number of rotatable bonds is 2. The molecule has 1 aliphatic carbocycles. The third-order valence-electron chi connectivity index (χ3n) is 4.03. The minimum atomic E-state index is 0.198. The molecule has 0 bridgehead atoms. The van der Waals surface area contributed by atoms with E-state index in [9.17, 15) is 0 Å². The first-order valence-electron chi connectivity index (χ1n) is 6.61. The molecule has 18 heavy (non-hydrogen) atoms. The molecule has 2 atom stereocenters. The number of fused-ring (bicyclic) bond motifs is 1. The molecule has 1 heterocycles. The van der Waals surface area contributed by atoms with E-state index in [1.54, 1.807) is 11.3 Å². The van der Waals surface area contributed by atoms with E-state index in [1.807, 2.05) is 0 Å². The Hall–Kier alpha value is -1.12. The third kappa shape index (κ3) is 2.23. The topological polar surface area (TPSA) is 26.0 Å². The van der Waals surface area contributed by atoms with E-state index in [2.05, 4.69) is 42.6 Å². The maximum Gasteiger partial charge on any atom is 0.0335 e. The molecule has 0 spiro atoms. The average Bonchev–Trinajstić information content (AvgIpc) is 2.84. The summed E-state index contributed by atoms with van der Waals surface area (Å²) in [5, 5.41) is 2.22. The molecule has 0 saturated carbocycles. The standard InChI is InChI=1S/C16H19NS/c1-11-8-15(10-18-11)16(17)14-7-6-12-4-2-3-5-13(12)9-14/h2-5,8,10,14,16H,6-7,9,17H2,1H3. The third-order valence-corrected chi connectivity index (χ3v) is 4.91. The zero-order valence-corrected chi connectivity index (χ0v) is 11.5. The minimum absolute atomic E-state index is 0.198. The molecule has 2 unspecified atom stereocenters. The largest absolute Gasteiger partial charge is 0.324 e. The second-order valence-electron chi connectivity index (χ2n) is 5.29. The van der Waals surface area contributed by atoms with E-state index in [0.717, 1.165) is 6.42 Å². The van der Waals surface area contributed by atoms with Crippen LogP contribution in [0.4, 0.5) is 0 Å². The molecule has 2 aromatic rings. The van der Waals surface area contributed by atoms with Crippen LogP contribution in [0.1, 0.15) is 34.0 Å². The highest BCUT2D eigenvalue weighted by atomic mass is 32.1. The fourth-order valence-electron chi connectivity index (χ4n) is 2.94. The fourth-order valence-corrected chi connectivity index (χ4v) is 3.69. The first-order chi connectivity index (χ1) is 8.74. The van der Waals surface area contributed by atoms with E-state index < -0.39 is 0 Å². The lowest BCUT2D eigenvalue weighted by Gasteiger charge is -2.29. The van der Waals surface area contributed by atoms with Gasteiger partial charge in [0.25, 0.3) is 0 Å². The second-order valence-corrected chi connectivity index (χ2v) is 6.40. The van der Waals surface area contributed by atoms with E-state index >= 15 is 0 Å². The van der Waals surface area contributed by atoms with Crippen LogP contribution in [-0.4, -0.2) is 0 Å². The van der Waals surface area contributed by atoms with E-state index in [4.69, 9.17) is 5.73 Å². The number of benzene rings is 1. The molecule has 2 N–H and O–H groups in total. The van der Waals surface area contributed by atoms with Crippen molar-refractivity contribution in [3.63, 3.8) is 0 Å². The summed E-state index contributed by atoms with van der Waals surface area (Å²) < 4.78 is 0. The Kier molecular flexibility index (Phi) is 3.23. The smallest absolute Gasteiger partial charge is 0.0335 e. The first kappa shape index (κ1) is 11.9. The van der Waals surface area contributed by atoms with Gasteiger partial charge in [0.05, 0.1) is 0 Å². The van der Waals surface area contributed by atoms with Crippen molar-refractivity contribution < 1.29 is 0 Å². The van der Waals surface area contributed by atoms with Crippen LogP contribution in [-0.2, 0) is 12.8 Å². The quantitative estimate of drug-likeness (QED) is 0.868. The van der Waals surface area contributed by atoms with Gasteiger partial charge in [-0.2, -0.15) is 0 Å². The number of thiophene rings is 1. The van der Waals surface area contributed by atoms with Gasteiger partial charge in [0, 0.05) is 10.9 Å². The van der Waals surface area contributed by atoms with Crippen LogP contribution in [0.3, 0.4) is 0 Å². The lowest BCUT2D eigenvalue weighted by molar-refractivity contribution is 0.383. The lowest BCUT2D eigenvalue weighted by atomic mass is 9.79. The number of nitrogens with two attached hydrogens (primary N) is 1. The van der Waals surface area contributed by atoms with Crippen molar-refractivity contribution in [2.75, 3.05) is 0 Å². The van der Waals surface area contributed by atoms with E-state index in [1.165, 1.54) is 34.4 Å². The number of hydrogen-bond acceptors (Lipinski definition) is 2. The molecule has 0 saturated heterocycles. The van der Waals surface area contributed by atoms with Crippen molar-refractivity contribution in [1.29, 1.82) is 0 Å². The Balaban J connectivity index is 1.79. The van der Waals surface area contributed by atoms with Crippen molar-refractivity contribution in [3.8, 4) is 0 Å². The molecule has 1 aromatic heterocycles. The minimum Gasteiger partial charge on any atom is -0.324 e. The maximum absolute atomic E-state index is 6.45. The summed E-state index contributed by atoms with van der Waals surface area (Å²) in [5.41, 5.74) is 10.8. The normalized spacial score (nSPS) is 20.4. The maximum atomic E-state index is 6.45. The molecular formula is C16H19NS.